The fraction of sp³-hybridized carbons (Fsp3) is 0.217. The van der Waals surface area contributed by atoms with Crippen molar-refractivity contribution in [2.45, 2.75) is 20.5 Å². The van der Waals surface area contributed by atoms with Crippen molar-refractivity contribution in [1.82, 2.24) is 5.32 Å². The number of amidine groups is 1. The first kappa shape index (κ1) is 27.4. The van der Waals surface area contributed by atoms with Crippen molar-refractivity contribution in [2.75, 3.05) is 13.2 Å². The van der Waals surface area contributed by atoms with Crippen LogP contribution in [0.5, 0.6) is 0 Å². The molecule has 1 amide bonds. The molecule has 0 saturated carbocycles. The largest absolute Gasteiger partial charge is 1.00 e. The molecule has 0 aliphatic carbocycles. The van der Waals surface area contributed by atoms with Crippen LogP contribution in [0.2, 0.25) is 0 Å². The Bertz CT molecular complexity index is 994. The molecule has 0 bridgehead atoms. The third-order valence-corrected chi connectivity index (χ3v) is 4.21. The summed E-state index contributed by atoms with van der Waals surface area (Å²) in [4.78, 5) is 27.7. The van der Waals surface area contributed by atoms with E-state index in [0.717, 1.165) is 10.0 Å². The minimum atomic E-state index is -0.646. The van der Waals surface area contributed by atoms with Gasteiger partial charge in [-0.2, -0.15) is 12.1 Å². The number of nitrogens with one attached hydrogen (secondary N) is 1. The predicted octanol–water partition coefficient (Wildman–Crippen LogP) is 0.777. The Hall–Kier alpha value is -2.66. The summed E-state index contributed by atoms with van der Waals surface area (Å²) in [7, 11) is 0. The number of esters is 1. The maximum Gasteiger partial charge on any atom is 1.00 e. The zero-order chi connectivity index (χ0) is 22.6. The monoisotopic (exact) mass is 489 g/mol. The van der Waals surface area contributed by atoms with Crippen molar-refractivity contribution in [3.63, 3.8) is 0 Å². The van der Waals surface area contributed by atoms with Gasteiger partial charge in [-0.3, -0.25) is 9.59 Å². The van der Waals surface area contributed by atoms with Crippen molar-refractivity contribution in [2.24, 2.45) is 4.99 Å². The molecule has 1 N–H and O–H groups in total. The maximum atomic E-state index is 12.4. The maximum absolute atomic E-state index is 12.4. The summed E-state index contributed by atoms with van der Waals surface area (Å²) in [6, 6.07) is 14.6. The number of ether oxygens (including phenoxy) is 2. The van der Waals surface area contributed by atoms with Gasteiger partial charge in [-0.25, -0.2) is 0 Å². The Labute approximate surface area is 208 Å². The van der Waals surface area contributed by atoms with Crippen LogP contribution in [-0.4, -0.2) is 37.1 Å². The molecule has 2 aromatic rings. The number of halogens is 1. The Morgan fingerprint density at radius 2 is 1.88 bits per heavy atom. The van der Waals surface area contributed by atoms with E-state index in [-0.39, 0.29) is 50.2 Å². The van der Waals surface area contributed by atoms with E-state index >= 15 is 0 Å². The first-order valence-electron chi connectivity index (χ1n) is 9.42. The summed E-state index contributed by atoms with van der Waals surface area (Å²) in [6.07, 6.45) is 5.35. The summed E-state index contributed by atoms with van der Waals surface area (Å²) in [5, 5.41) is 11.8. The van der Waals surface area contributed by atoms with Gasteiger partial charge in [0.2, 0.25) is 0 Å². The van der Waals surface area contributed by atoms with Gasteiger partial charge in [0.05, 0.1) is 6.61 Å². The number of aliphatic imine (C=N–C) groups is 1. The van der Waals surface area contributed by atoms with E-state index in [2.05, 4.69) is 38.5 Å². The van der Waals surface area contributed by atoms with Crippen LogP contribution in [0.4, 0.5) is 0 Å². The molecule has 0 fully saturated rings. The quantitative estimate of drug-likeness (QED) is 0.107. The van der Waals surface area contributed by atoms with E-state index in [9.17, 15) is 15.0 Å². The van der Waals surface area contributed by atoms with Gasteiger partial charge < -0.3 is 25.2 Å². The molecule has 0 heterocycles. The van der Waals surface area contributed by atoms with Gasteiger partial charge in [0.15, 0.2) is 5.91 Å². The van der Waals surface area contributed by atoms with Crippen LogP contribution in [-0.2, 0) is 25.7 Å². The smallest absolute Gasteiger partial charge is 0.540 e. The number of benzene rings is 2. The standard InChI is InChI=1S/C23H21BrN3O4.Li/c1-3-30-23(29)14-27-22(28)12-21(31-15-17-7-5-4-6-8-17)20-10-9-19(24)11-18(20)13-26-16(2)25;/h4-11H,3,14-15H2,1-2H3,(H,27,28);/q-3;+1. The van der Waals surface area contributed by atoms with Crippen LogP contribution < -0.4 is 24.2 Å². The van der Waals surface area contributed by atoms with Gasteiger partial charge in [-0.05, 0) is 17.0 Å². The fourth-order valence-electron chi connectivity index (χ4n) is 2.37. The fourth-order valence-corrected chi connectivity index (χ4v) is 2.73. The molecule has 0 unspecified atom stereocenters. The van der Waals surface area contributed by atoms with E-state index in [1.54, 1.807) is 25.1 Å². The molecule has 9 heteroatoms. The van der Waals surface area contributed by atoms with Gasteiger partial charge in [-0.15, -0.1) is 17.7 Å². The van der Waals surface area contributed by atoms with E-state index in [1.807, 2.05) is 30.3 Å². The molecular weight excluding hydrogens is 469 g/mol. The van der Waals surface area contributed by atoms with Gasteiger partial charge in [0, 0.05) is 5.76 Å². The van der Waals surface area contributed by atoms with Crippen LogP contribution in [0.3, 0.4) is 0 Å². The van der Waals surface area contributed by atoms with Crippen molar-refractivity contribution >= 4 is 45.6 Å². The molecule has 0 aliphatic heterocycles. The van der Waals surface area contributed by atoms with Crippen LogP contribution >= 0.6 is 15.9 Å². The van der Waals surface area contributed by atoms with Crippen LogP contribution in [0.25, 0.3) is 11.2 Å². The molecule has 162 valence electrons. The molecule has 2 rings (SSSR count). The summed E-state index contributed by atoms with van der Waals surface area (Å²) < 4.78 is 11.4. The van der Waals surface area contributed by atoms with E-state index in [4.69, 9.17) is 9.47 Å². The Balaban J connectivity index is 0.00000512. The Morgan fingerprint density at radius 1 is 1.16 bits per heavy atom. The van der Waals surface area contributed by atoms with Crippen LogP contribution in [0.15, 0.2) is 58.0 Å². The first-order valence-corrected chi connectivity index (χ1v) is 10.2. The Morgan fingerprint density at radius 3 is 2.53 bits per heavy atom. The number of amides is 1. The third kappa shape index (κ3) is 9.65. The first-order chi connectivity index (χ1) is 14.9. The molecule has 0 aliphatic rings. The molecule has 0 atom stereocenters. The second-order valence-corrected chi connectivity index (χ2v) is 7.09. The zero-order valence-corrected chi connectivity index (χ0v) is 19.7. The SMILES string of the molecule is CCOC(=O)CNC(=O)[C-]=C(OCc1ccccc1)c1ccc(Br)cc1[C-]=NC(C)=[N-].[Li+]. The van der Waals surface area contributed by atoms with Gasteiger partial charge in [0.1, 0.15) is 13.2 Å². The summed E-state index contributed by atoms with van der Waals surface area (Å²) in [6.45, 7) is 3.22. The average Bonchev–Trinajstić information content (AvgIpc) is 2.75. The molecule has 7 nitrogen and oxygen atoms in total. The molecule has 0 saturated heterocycles. The second-order valence-electron chi connectivity index (χ2n) is 6.18. The Kier molecular flexibility index (Phi) is 12.3. The molecule has 0 aromatic heterocycles. The van der Waals surface area contributed by atoms with E-state index < -0.39 is 11.9 Å². The van der Waals surface area contributed by atoms with Crippen molar-refractivity contribution in [3.05, 3.63) is 81.2 Å². The number of nitrogens with zero attached hydrogens (tertiary/aromatic N) is 2. The molecule has 32 heavy (non-hydrogen) atoms. The van der Waals surface area contributed by atoms with Gasteiger partial charge in [0.25, 0.3) is 0 Å². The zero-order valence-electron chi connectivity index (χ0n) is 18.1. The number of rotatable bonds is 9. The van der Waals surface area contributed by atoms with E-state index in [0.29, 0.717) is 11.1 Å². The minimum Gasteiger partial charge on any atom is -0.540 e. The molecule has 0 radical (unpaired) electrons. The van der Waals surface area contributed by atoms with Crippen LogP contribution in [0.1, 0.15) is 30.5 Å². The average molecular weight is 490 g/mol. The van der Waals surface area contributed by atoms with Gasteiger partial charge in [-0.1, -0.05) is 70.9 Å². The normalized spacial score (nSPS) is 10.9. The number of hydrogen-bond acceptors (Lipinski definition) is 4. The predicted molar refractivity (Wildman–Crippen MR) is 122 cm³/mol. The number of carbonyl (C=O) groups is 2. The topological polar surface area (TPSA) is 99.3 Å². The van der Waals surface area contributed by atoms with Gasteiger partial charge >= 0.3 is 24.8 Å². The summed E-state index contributed by atoms with van der Waals surface area (Å²) in [5.74, 6) is -1.24. The number of hydrogen-bond donors (Lipinski definition) is 1. The van der Waals surface area contributed by atoms with Crippen molar-refractivity contribution in [1.29, 1.82) is 0 Å². The molecular formula is C23H21BrLiN3O4-2. The second kappa shape index (κ2) is 14.4. The third-order valence-electron chi connectivity index (χ3n) is 3.72. The number of carbonyl (C=O) groups excluding carboxylic acids is 2. The van der Waals surface area contributed by atoms with Crippen LogP contribution in [0, 0.1) is 6.08 Å². The molecule has 2 aromatic carbocycles. The summed E-state index contributed by atoms with van der Waals surface area (Å²) in [5.41, 5.74) is 1.84. The van der Waals surface area contributed by atoms with Crippen molar-refractivity contribution < 1.29 is 37.9 Å². The molecule has 0 spiro atoms. The minimum absolute atomic E-state index is 0. The van der Waals surface area contributed by atoms with Crippen molar-refractivity contribution in [3.8, 4) is 0 Å². The van der Waals surface area contributed by atoms with E-state index in [1.165, 1.54) is 6.92 Å². The summed E-state index contributed by atoms with van der Waals surface area (Å²) >= 11 is 3.38.